The van der Waals surface area contributed by atoms with Crippen molar-refractivity contribution in [1.82, 2.24) is 9.97 Å². The second kappa shape index (κ2) is 7.92. The average molecular weight is 367 g/mol. The Labute approximate surface area is 159 Å². The average Bonchev–Trinajstić information content (AvgIpc) is 3.37. The van der Waals surface area contributed by atoms with Gasteiger partial charge in [-0.15, -0.1) is 0 Å². The number of hydrogen-bond acceptors (Lipinski definition) is 6. The van der Waals surface area contributed by atoms with E-state index in [1.54, 1.807) is 0 Å². The topological polar surface area (TPSA) is 79.4 Å². The molecular formula is C20H25N5O2. The lowest BCUT2D eigenvalue weighted by Crippen LogP contribution is -2.26. The van der Waals surface area contributed by atoms with Gasteiger partial charge in [-0.25, -0.2) is 4.98 Å². The lowest BCUT2D eigenvalue weighted by atomic mass is 10.2. The van der Waals surface area contributed by atoms with E-state index in [1.807, 2.05) is 37.3 Å². The zero-order valence-electron chi connectivity index (χ0n) is 15.6. The van der Waals surface area contributed by atoms with Crippen LogP contribution in [0.1, 0.15) is 31.4 Å². The standard InChI is InChI=1S/C20H25N5O2/c1-14-13-18(25-10-2-3-11-25)24-20(21-14)23-16-8-6-15(7-9-16)22-19(26)17-5-4-12-27-17/h6-9,13,17H,2-5,10-12H2,1H3,(H,22,26)(H,21,23,24)/t17-/m1/s1. The number of ether oxygens (including phenoxy) is 1. The van der Waals surface area contributed by atoms with E-state index in [2.05, 4.69) is 25.5 Å². The van der Waals surface area contributed by atoms with Crippen LogP contribution in [-0.4, -0.2) is 41.7 Å². The molecule has 2 aliphatic rings. The highest BCUT2D eigenvalue weighted by atomic mass is 16.5. The molecule has 3 heterocycles. The molecule has 0 spiro atoms. The lowest BCUT2D eigenvalue weighted by molar-refractivity contribution is -0.124. The molecule has 0 unspecified atom stereocenters. The molecule has 2 aromatic rings. The summed E-state index contributed by atoms with van der Waals surface area (Å²) in [6, 6.07) is 9.58. The molecule has 1 amide bonds. The monoisotopic (exact) mass is 367 g/mol. The van der Waals surface area contributed by atoms with Crippen molar-refractivity contribution in [3.63, 3.8) is 0 Å². The molecule has 0 aliphatic carbocycles. The molecule has 2 saturated heterocycles. The van der Waals surface area contributed by atoms with Crippen molar-refractivity contribution >= 4 is 29.0 Å². The summed E-state index contributed by atoms with van der Waals surface area (Å²) in [6.07, 6.45) is 3.83. The Morgan fingerprint density at radius 1 is 1.11 bits per heavy atom. The van der Waals surface area contributed by atoms with E-state index in [-0.39, 0.29) is 12.0 Å². The molecule has 142 valence electrons. The first kappa shape index (κ1) is 17.7. The van der Waals surface area contributed by atoms with Crippen molar-refractivity contribution in [2.24, 2.45) is 0 Å². The predicted molar refractivity (Wildman–Crippen MR) is 106 cm³/mol. The normalized spacial score (nSPS) is 19.3. The van der Waals surface area contributed by atoms with Crippen LogP contribution in [0.25, 0.3) is 0 Å². The van der Waals surface area contributed by atoms with Crippen LogP contribution in [-0.2, 0) is 9.53 Å². The number of nitrogens with one attached hydrogen (secondary N) is 2. The van der Waals surface area contributed by atoms with Gasteiger partial charge in [-0.3, -0.25) is 4.79 Å². The molecule has 27 heavy (non-hydrogen) atoms. The van der Waals surface area contributed by atoms with Gasteiger partial charge in [0.1, 0.15) is 11.9 Å². The molecule has 1 atom stereocenters. The van der Waals surface area contributed by atoms with Gasteiger partial charge in [0.25, 0.3) is 5.91 Å². The van der Waals surface area contributed by atoms with Crippen LogP contribution in [0.4, 0.5) is 23.1 Å². The molecule has 7 nitrogen and oxygen atoms in total. The Kier molecular flexibility index (Phi) is 5.20. The van der Waals surface area contributed by atoms with Crippen LogP contribution in [0.5, 0.6) is 0 Å². The van der Waals surface area contributed by atoms with E-state index in [0.717, 1.165) is 48.8 Å². The quantitative estimate of drug-likeness (QED) is 0.845. The summed E-state index contributed by atoms with van der Waals surface area (Å²) in [5, 5.41) is 6.16. The summed E-state index contributed by atoms with van der Waals surface area (Å²) in [5.41, 5.74) is 2.57. The Morgan fingerprint density at radius 3 is 2.56 bits per heavy atom. The maximum Gasteiger partial charge on any atom is 0.253 e. The molecule has 7 heteroatoms. The highest BCUT2D eigenvalue weighted by molar-refractivity contribution is 5.94. The first-order chi connectivity index (χ1) is 13.2. The van der Waals surface area contributed by atoms with Gasteiger partial charge < -0.3 is 20.3 Å². The molecule has 1 aromatic carbocycles. The zero-order valence-corrected chi connectivity index (χ0v) is 15.6. The first-order valence-corrected chi connectivity index (χ1v) is 9.57. The minimum Gasteiger partial charge on any atom is -0.368 e. The van der Waals surface area contributed by atoms with E-state index in [9.17, 15) is 4.79 Å². The molecule has 2 aliphatic heterocycles. The van der Waals surface area contributed by atoms with Crippen molar-refractivity contribution in [3.05, 3.63) is 36.0 Å². The third kappa shape index (κ3) is 4.36. The van der Waals surface area contributed by atoms with Gasteiger partial charge in [0, 0.05) is 42.8 Å². The first-order valence-electron chi connectivity index (χ1n) is 9.57. The number of carbonyl (C=O) groups excluding carboxylic acids is 1. The summed E-state index contributed by atoms with van der Waals surface area (Å²) in [6.45, 7) is 4.75. The van der Waals surface area contributed by atoms with Crippen LogP contribution < -0.4 is 15.5 Å². The fourth-order valence-electron chi connectivity index (χ4n) is 3.49. The van der Waals surface area contributed by atoms with Gasteiger partial charge in [0.2, 0.25) is 5.95 Å². The van der Waals surface area contributed by atoms with Crippen LogP contribution in [0.15, 0.2) is 30.3 Å². The van der Waals surface area contributed by atoms with Gasteiger partial charge in [-0.05, 0) is 56.9 Å². The second-order valence-electron chi connectivity index (χ2n) is 7.08. The summed E-state index contributed by atoms with van der Waals surface area (Å²) in [5.74, 6) is 1.49. The van der Waals surface area contributed by atoms with Gasteiger partial charge in [-0.2, -0.15) is 4.98 Å². The number of aromatic nitrogens is 2. The smallest absolute Gasteiger partial charge is 0.253 e. The number of nitrogens with zero attached hydrogens (tertiary/aromatic N) is 3. The highest BCUT2D eigenvalue weighted by Gasteiger charge is 2.23. The number of hydrogen-bond donors (Lipinski definition) is 2. The number of benzene rings is 1. The van der Waals surface area contributed by atoms with Gasteiger partial charge >= 0.3 is 0 Å². The summed E-state index contributed by atoms with van der Waals surface area (Å²) in [4.78, 5) is 23.6. The Balaban J connectivity index is 1.41. The lowest BCUT2D eigenvalue weighted by Gasteiger charge is -2.17. The van der Waals surface area contributed by atoms with Crippen LogP contribution in [0.2, 0.25) is 0 Å². The largest absolute Gasteiger partial charge is 0.368 e. The maximum absolute atomic E-state index is 12.1. The second-order valence-corrected chi connectivity index (χ2v) is 7.08. The molecule has 2 fully saturated rings. The number of carbonyl (C=O) groups is 1. The van der Waals surface area contributed by atoms with E-state index < -0.39 is 0 Å². The third-order valence-electron chi connectivity index (χ3n) is 4.90. The summed E-state index contributed by atoms with van der Waals surface area (Å²) >= 11 is 0. The summed E-state index contributed by atoms with van der Waals surface area (Å²) in [7, 11) is 0. The van der Waals surface area contributed by atoms with Crippen molar-refractivity contribution < 1.29 is 9.53 Å². The van der Waals surface area contributed by atoms with Crippen molar-refractivity contribution in [2.75, 3.05) is 35.2 Å². The van der Waals surface area contributed by atoms with Crippen molar-refractivity contribution in [2.45, 2.75) is 38.7 Å². The maximum atomic E-state index is 12.1. The molecular weight excluding hydrogens is 342 g/mol. The van der Waals surface area contributed by atoms with Crippen molar-refractivity contribution in [3.8, 4) is 0 Å². The van der Waals surface area contributed by atoms with E-state index >= 15 is 0 Å². The number of rotatable bonds is 5. The number of anilines is 4. The molecule has 4 rings (SSSR count). The minimum absolute atomic E-state index is 0.0783. The fraction of sp³-hybridized carbons (Fsp3) is 0.450. The number of amides is 1. The van der Waals surface area contributed by atoms with Gasteiger partial charge in [0.05, 0.1) is 0 Å². The Morgan fingerprint density at radius 2 is 1.85 bits per heavy atom. The van der Waals surface area contributed by atoms with E-state index in [4.69, 9.17) is 4.74 Å². The van der Waals surface area contributed by atoms with Crippen molar-refractivity contribution in [1.29, 1.82) is 0 Å². The Hall–Kier alpha value is -2.67. The van der Waals surface area contributed by atoms with Crippen LogP contribution in [0, 0.1) is 6.92 Å². The van der Waals surface area contributed by atoms with E-state index in [1.165, 1.54) is 12.8 Å². The Bertz CT molecular complexity index is 797. The molecule has 0 radical (unpaired) electrons. The van der Waals surface area contributed by atoms with Crippen LogP contribution in [0.3, 0.4) is 0 Å². The van der Waals surface area contributed by atoms with Gasteiger partial charge in [-0.1, -0.05) is 0 Å². The predicted octanol–water partition coefficient (Wildman–Crippen LogP) is 3.25. The zero-order chi connectivity index (χ0) is 18.6. The highest BCUT2D eigenvalue weighted by Crippen LogP contribution is 2.23. The van der Waals surface area contributed by atoms with Gasteiger partial charge in [0.15, 0.2) is 0 Å². The number of aryl methyl sites for hydroxylation is 1. The third-order valence-corrected chi connectivity index (χ3v) is 4.90. The summed E-state index contributed by atoms with van der Waals surface area (Å²) < 4.78 is 5.41. The van der Waals surface area contributed by atoms with E-state index in [0.29, 0.717) is 12.6 Å². The molecule has 1 aromatic heterocycles. The molecule has 0 bridgehead atoms. The van der Waals surface area contributed by atoms with Crippen LogP contribution >= 0.6 is 0 Å². The fourth-order valence-corrected chi connectivity index (χ4v) is 3.49. The molecule has 0 saturated carbocycles. The SMILES string of the molecule is Cc1cc(N2CCCC2)nc(Nc2ccc(NC(=O)[C@H]3CCCO3)cc2)n1. The minimum atomic E-state index is -0.326. The molecule has 2 N–H and O–H groups in total.